The van der Waals surface area contributed by atoms with E-state index in [9.17, 15) is 8.42 Å². The molecule has 0 amide bonds. The molecule has 16 heavy (non-hydrogen) atoms. The number of nitrogens with zero attached hydrogens (tertiary/aromatic N) is 1. The normalized spacial score (nSPS) is 14.8. The molecule has 4 heteroatoms. The van der Waals surface area contributed by atoms with Gasteiger partial charge in [0, 0.05) is 0 Å². The number of rotatable bonds is 6. The molecule has 1 unspecified atom stereocenters. The van der Waals surface area contributed by atoms with Gasteiger partial charge in [0.05, 0.1) is 22.5 Å². The van der Waals surface area contributed by atoms with Crippen LogP contribution in [0.5, 0.6) is 0 Å². The molecule has 0 aliphatic heterocycles. The summed E-state index contributed by atoms with van der Waals surface area (Å²) in [6.45, 7) is 9.27. The summed E-state index contributed by atoms with van der Waals surface area (Å²) in [5.41, 5.74) is -0.420. The van der Waals surface area contributed by atoms with Crippen LogP contribution < -0.4 is 0 Å². The van der Waals surface area contributed by atoms with E-state index in [4.69, 9.17) is 5.26 Å². The molecule has 3 nitrogen and oxygen atoms in total. The fourth-order valence-corrected chi connectivity index (χ4v) is 3.12. The van der Waals surface area contributed by atoms with Crippen molar-refractivity contribution in [2.75, 3.05) is 5.75 Å². The molecular formula is C12H23NO2S. The SMILES string of the molecule is CC(C)C(C)S(=O)(=O)CCCC(C)(C)C#N. The summed E-state index contributed by atoms with van der Waals surface area (Å²) in [4.78, 5) is 0. The van der Waals surface area contributed by atoms with Gasteiger partial charge in [0.25, 0.3) is 0 Å². The highest BCUT2D eigenvalue weighted by Gasteiger charge is 2.25. The molecule has 0 bridgehead atoms. The third-order valence-electron chi connectivity index (χ3n) is 3.04. The zero-order valence-corrected chi connectivity index (χ0v) is 11.8. The number of hydrogen-bond donors (Lipinski definition) is 0. The van der Waals surface area contributed by atoms with Gasteiger partial charge in [-0.3, -0.25) is 0 Å². The van der Waals surface area contributed by atoms with E-state index in [0.717, 1.165) is 0 Å². The lowest BCUT2D eigenvalue weighted by Gasteiger charge is -2.18. The summed E-state index contributed by atoms with van der Waals surface area (Å²) in [6.07, 6.45) is 1.20. The van der Waals surface area contributed by atoms with Crippen LogP contribution in [-0.4, -0.2) is 19.4 Å². The molecule has 0 aliphatic carbocycles. The van der Waals surface area contributed by atoms with Crippen molar-refractivity contribution in [1.29, 1.82) is 5.26 Å². The predicted molar refractivity (Wildman–Crippen MR) is 66.7 cm³/mol. The van der Waals surface area contributed by atoms with E-state index in [0.29, 0.717) is 12.8 Å². The molecule has 0 aliphatic rings. The summed E-state index contributed by atoms with van der Waals surface area (Å²) >= 11 is 0. The van der Waals surface area contributed by atoms with Crippen molar-refractivity contribution < 1.29 is 8.42 Å². The van der Waals surface area contributed by atoms with Gasteiger partial charge in [0.15, 0.2) is 9.84 Å². The molecule has 0 saturated heterocycles. The van der Waals surface area contributed by atoms with Crippen LogP contribution in [0.4, 0.5) is 0 Å². The summed E-state index contributed by atoms with van der Waals surface area (Å²) in [6, 6.07) is 2.18. The maximum atomic E-state index is 11.9. The van der Waals surface area contributed by atoms with Crippen molar-refractivity contribution in [2.24, 2.45) is 11.3 Å². The van der Waals surface area contributed by atoms with Gasteiger partial charge >= 0.3 is 0 Å². The number of hydrogen-bond acceptors (Lipinski definition) is 3. The lowest BCUT2D eigenvalue weighted by Crippen LogP contribution is -2.26. The van der Waals surface area contributed by atoms with Crippen LogP contribution in [0.15, 0.2) is 0 Å². The Morgan fingerprint density at radius 1 is 1.25 bits per heavy atom. The molecule has 0 rings (SSSR count). The lowest BCUT2D eigenvalue weighted by atomic mass is 9.90. The van der Waals surface area contributed by atoms with Crippen molar-refractivity contribution >= 4 is 9.84 Å². The maximum Gasteiger partial charge on any atom is 0.153 e. The zero-order chi connectivity index (χ0) is 13.0. The van der Waals surface area contributed by atoms with Crippen molar-refractivity contribution in [3.05, 3.63) is 0 Å². The topological polar surface area (TPSA) is 57.9 Å². The fourth-order valence-electron chi connectivity index (χ4n) is 1.37. The number of sulfone groups is 1. The van der Waals surface area contributed by atoms with E-state index in [-0.39, 0.29) is 16.9 Å². The van der Waals surface area contributed by atoms with Gasteiger partial charge in [-0.2, -0.15) is 5.26 Å². The van der Waals surface area contributed by atoms with E-state index >= 15 is 0 Å². The molecule has 0 saturated carbocycles. The summed E-state index contributed by atoms with van der Waals surface area (Å²) in [5.74, 6) is 0.339. The molecule has 0 aromatic heterocycles. The highest BCUT2D eigenvalue weighted by molar-refractivity contribution is 7.92. The Labute approximate surface area is 99.8 Å². The van der Waals surface area contributed by atoms with Gasteiger partial charge < -0.3 is 0 Å². The lowest BCUT2D eigenvalue weighted by molar-refractivity contribution is 0.443. The molecule has 94 valence electrons. The minimum absolute atomic E-state index is 0.147. The Kier molecular flexibility index (Phi) is 5.48. The zero-order valence-electron chi connectivity index (χ0n) is 10.9. The van der Waals surface area contributed by atoms with Crippen LogP contribution in [0, 0.1) is 22.7 Å². The van der Waals surface area contributed by atoms with Crippen LogP contribution in [0.3, 0.4) is 0 Å². The monoisotopic (exact) mass is 245 g/mol. The number of nitriles is 1. The summed E-state index contributed by atoms with van der Waals surface area (Å²) in [5, 5.41) is 8.53. The third kappa shape index (κ3) is 4.98. The van der Waals surface area contributed by atoms with Crippen LogP contribution in [-0.2, 0) is 9.84 Å². The van der Waals surface area contributed by atoms with Crippen LogP contribution in [0.25, 0.3) is 0 Å². The largest absolute Gasteiger partial charge is 0.229 e. The predicted octanol–water partition coefficient (Wildman–Crippen LogP) is 2.78. The van der Waals surface area contributed by atoms with Crippen molar-refractivity contribution in [2.45, 2.75) is 52.7 Å². The molecule has 0 fully saturated rings. The molecule has 0 heterocycles. The second-order valence-corrected chi connectivity index (χ2v) is 7.89. The van der Waals surface area contributed by atoms with Crippen LogP contribution in [0.2, 0.25) is 0 Å². The molecule has 0 spiro atoms. The van der Waals surface area contributed by atoms with Gasteiger partial charge in [-0.1, -0.05) is 13.8 Å². The van der Waals surface area contributed by atoms with Crippen LogP contribution >= 0.6 is 0 Å². The quantitative estimate of drug-likeness (QED) is 0.723. The van der Waals surface area contributed by atoms with Gasteiger partial charge in [0.1, 0.15) is 0 Å². The van der Waals surface area contributed by atoms with Gasteiger partial charge in [0.2, 0.25) is 0 Å². The van der Waals surface area contributed by atoms with Crippen LogP contribution in [0.1, 0.15) is 47.5 Å². The first-order chi connectivity index (χ1) is 7.12. The average Bonchev–Trinajstić information content (AvgIpc) is 2.15. The second kappa shape index (κ2) is 5.67. The molecular weight excluding hydrogens is 222 g/mol. The summed E-state index contributed by atoms with van der Waals surface area (Å²) in [7, 11) is -3.00. The molecule has 0 N–H and O–H groups in total. The Morgan fingerprint density at radius 2 is 1.75 bits per heavy atom. The molecule has 0 aromatic rings. The van der Waals surface area contributed by atoms with E-state index in [1.807, 2.05) is 27.7 Å². The minimum Gasteiger partial charge on any atom is -0.229 e. The third-order valence-corrected chi connectivity index (χ3v) is 5.57. The van der Waals surface area contributed by atoms with Crippen molar-refractivity contribution in [3.63, 3.8) is 0 Å². The maximum absolute atomic E-state index is 11.9. The van der Waals surface area contributed by atoms with Crippen molar-refractivity contribution in [1.82, 2.24) is 0 Å². The second-order valence-electron chi connectivity index (χ2n) is 5.42. The highest BCUT2D eigenvalue weighted by Crippen LogP contribution is 2.22. The minimum atomic E-state index is -3.00. The van der Waals surface area contributed by atoms with Crippen molar-refractivity contribution in [3.8, 4) is 6.07 Å². The van der Waals surface area contributed by atoms with E-state index in [1.165, 1.54) is 0 Å². The van der Waals surface area contributed by atoms with Gasteiger partial charge in [-0.25, -0.2) is 8.42 Å². The summed E-state index contributed by atoms with van der Waals surface area (Å²) < 4.78 is 23.7. The fraction of sp³-hybridized carbons (Fsp3) is 0.917. The standard InChI is InChI=1S/C12H23NO2S/c1-10(2)11(3)16(14,15)8-6-7-12(4,5)9-13/h10-11H,6-8H2,1-5H3. The highest BCUT2D eigenvalue weighted by atomic mass is 32.2. The Morgan fingerprint density at radius 3 is 2.12 bits per heavy atom. The Bertz CT molecular complexity index is 350. The smallest absolute Gasteiger partial charge is 0.153 e. The molecule has 1 atom stereocenters. The first-order valence-electron chi connectivity index (χ1n) is 5.75. The van der Waals surface area contributed by atoms with E-state index in [1.54, 1.807) is 6.92 Å². The van der Waals surface area contributed by atoms with Gasteiger partial charge in [-0.15, -0.1) is 0 Å². The first kappa shape index (κ1) is 15.4. The molecule has 0 aromatic carbocycles. The van der Waals surface area contributed by atoms with E-state index < -0.39 is 15.3 Å². The van der Waals surface area contributed by atoms with Gasteiger partial charge in [-0.05, 0) is 39.5 Å². The first-order valence-corrected chi connectivity index (χ1v) is 7.47. The molecule has 0 radical (unpaired) electrons. The Hall–Kier alpha value is -0.560. The Balaban J connectivity index is 4.28. The average molecular weight is 245 g/mol. The van der Waals surface area contributed by atoms with E-state index in [2.05, 4.69) is 6.07 Å².